The number of alkyl halides is 3. The monoisotopic (exact) mass is 493 g/mol. The minimum Gasteiger partial charge on any atom is -0.332 e. The Morgan fingerprint density at radius 1 is 1.19 bits per heavy atom. The first-order valence-corrected chi connectivity index (χ1v) is 11.4. The lowest BCUT2D eigenvalue weighted by atomic mass is 10.1. The van der Waals surface area contributed by atoms with Gasteiger partial charge in [-0.25, -0.2) is 4.39 Å². The number of fused-ring (bicyclic) bond motifs is 1. The summed E-state index contributed by atoms with van der Waals surface area (Å²) in [6.45, 7) is 0. The molecule has 5 nitrogen and oxygen atoms in total. The first kappa shape index (κ1) is 23.4. The molecule has 31 heavy (non-hydrogen) atoms. The first-order chi connectivity index (χ1) is 14.4. The minimum atomic E-state index is -4.98. The van der Waals surface area contributed by atoms with Crippen LogP contribution in [0.4, 0.5) is 17.6 Å². The van der Waals surface area contributed by atoms with Gasteiger partial charge in [0.15, 0.2) is 5.66 Å². The van der Waals surface area contributed by atoms with Crippen molar-refractivity contribution in [3.8, 4) is 0 Å². The molecule has 3 aromatic rings. The maximum atomic E-state index is 13.5. The fraction of sp³-hybridized carbons (Fsp3) is 0.105. The number of hydrogen-bond acceptors (Lipinski definition) is 3. The molecule has 0 spiro atoms. The van der Waals surface area contributed by atoms with Crippen molar-refractivity contribution in [3.63, 3.8) is 0 Å². The summed E-state index contributed by atoms with van der Waals surface area (Å²) in [5.41, 5.74) is -3.23. The van der Waals surface area contributed by atoms with E-state index in [2.05, 4.69) is 5.32 Å². The summed E-state index contributed by atoms with van der Waals surface area (Å²) in [5.74, 6) is -2.22. The van der Waals surface area contributed by atoms with E-state index in [1.165, 1.54) is 11.4 Å². The molecule has 0 bridgehead atoms. The molecule has 0 saturated carbocycles. The lowest BCUT2D eigenvalue weighted by Gasteiger charge is -2.17. The lowest BCUT2D eigenvalue weighted by molar-refractivity contribution is -0.137. The second-order valence-corrected chi connectivity index (χ2v) is 9.48. The highest BCUT2D eigenvalue weighted by Gasteiger charge is 2.38. The summed E-state index contributed by atoms with van der Waals surface area (Å²) in [5, 5.41) is 4.27. The van der Waals surface area contributed by atoms with Crippen molar-refractivity contribution < 1.29 is 36.7 Å². The number of rotatable bonds is 5. The van der Waals surface area contributed by atoms with Crippen LogP contribution in [0.15, 0.2) is 48.0 Å². The van der Waals surface area contributed by atoms with Crippen molar-refractivity contribution in [2.75, 3.05) is 0 Å². The van der Waals surface area contributed by atoms with Crippen LogP contribution in [-0.4, -0.2) is 15.7 Å². The van der Waals surface area contributed by atoms with E-state index in [9.17, 15) is 36.7 Å². The predicted octanol–water partition coefficient (Wildman–Crippen LogP) is 5.72. The Kier molecular flexibility index (Phi) is 6.59. The van der Waals surface area contributed by atoms with Crippen molar-refractivity contribution in [1.82, 2.24) is 5.32 Å². The van der Waals surface area contributed by atoms with Gasteiger partial charge in [-0.2, -0.15) is 13.2 Å². The topological polar surface area (TPSA) is 86.6 Å². The molecular formula is C19H13ClF4NO4PS. The highest BCUT2D eigenvalue weighted by molar-refractivity contribution is 7.53. The van der Waals surface area contributed by atoms with Crippen LogP contribution in [0, 0.1) is 5.82 Å². The highest BCUT2D eigenvalue weighted by atomic mass is 35.5. The smallest absolute Gasteiger partial charge is 0.332 e. The second kappa shape index (κ2) is 8.72. The largest absolute Gasteiger partial charge is 0.416 e. The maximum absolute atomic E-state index is 13.5. The molecule has 0 saturated heterocycles. The van der Waals surface area contributed by atoms with Crippen LogP contribution >= 0.6 is 30.5 Å². The van der Waals surface area contributed by atoms with Crippen LogP contribution in [0.3, 0.4) is 0 Å². The molecule has 0 radical (unpaired) electrons. The van der Waals surface area contributed by atoms with Gasteiger partial charge in [0.25, 0.3) is 0 Å². The number of hydrogen-bond donors (Lipinski definition) is 3. The van der Waals surface area contributed by atoms with E-state index in [0.29, 0.717) is 27.2 Å². The Morgan fingerprint density at radius 2 is 1.90 bits per heavy atom. The molecule has 0 aliphatic carbocycles. The number of carbonyl (C=O) groups excluding carboxylic acids is 1. The highest BCUT2D eigenvalue weighted by Crippen LogP contribution is 2.54. The molecule has 1 heterocycles. The zero-order valence-corrected chi connectivity index (χ0v) is 17.7. The molecular weight excluding hydrogens is 481 g/mol. The third kappa shape index (κ3) is 5.53. The third-order valence-electron chi connectivity index (χ3n) is 4.19. The van der Waals surface area contributed by atoms with Crippen molar-refractivity contribution >= 4 is 52.6 Å². The zero-order valence-electron chi connectivity index (χ0n) is 15.2. The molecule has 1 amide bonds. The molecule has 1 aromatic heterocycles. The van der Waals surface area contributed by atoms with E-state index in [1.54, 1.807) is 12.1 Å². The van der Waals surface area contributed by atoms with Crippen LogP contribution in [0.1, 0.15) is 22.3 Å². The Morgan fingerprint density at radius 3 is 2.55 bits per heavy atom. The average Bonchev–Trinajstić information content (AvgIpc) is 3.02. The third-order valence-corrected chi connectivity index (χ3v) is 6.60. The Hall–Kier alpha value is -2.23. The molecule has 1 unspecified atom stereocenters. The lowest BCUT2D eigenvalue weighted by Crippen LogP contribution is -2.25. The van der Waals surface area contributed by atoms with Gasteiger partial charge in [-0.15, -0.1) is 11.3 Å². The van der Waals surface area contributed by atoms with Crippen LogP contribution in [0.2, 0.25) is 5.02 Å². The van der Waals surface area contributed by atoms with Gasteiger partial charge in [0.1, 0.15) is 5.82 Å². The molecule has 12 heteroatoms. The van der Waals surface area contributed by atoms with E-state index < -0.39 is 36.7 Å². The van der Waals surface area contributed by atoms with Gasteiger partial charge in [-0.05, 0) is 64.4 Å². The molecule has 3 rings (SSSR count). The predicted molar refractivity (Wildman–Crippen MR) is 110 cm³/mol. The molecule has 0 aliphatic heterocycles. The zero-order chi connectivity index (χ0) is 23.0. The van der Waals surface area contributed by atoms with E-state index >= 15 is 0 Å². The van der Waals surface area contributed by atoms with Crippen molar-refractivity contribution in [2.45, 2.75) is 11.8 Å². The van der Waals surface area contributed by atoms with Crippen molar-refractivity contribution in [1.29, 1.82) is 0 Å². The number of amides is 1. The number of benzene rings is 2. The maximum Gasteiger partial charge on any atom is 0.416 e. The van der Waals surface area contributed by atoms with Gasteiger partial charge in [0.05, 0.1) is 5.56 Å². The van der Waals surface area contributed by atoms with Gasteiger partial charge in [-0.3, -0.25) is 9.36 Å². The van der Waals surface area contributed by atoms with Crippen LogP contribution in [0.5, 0.6) is 0 Å². The number of nitrogens with one attached hydrogen (secondary N) is 1. The molecule has 3 N–H and O–H groups in total. The quantitative estimate of drug-likeness (QED) is 0.313. The minimum absolute atomic E-state index is 0.0619. The fourth-order valence-electron chi connectivity index (χ4n) is 2.88. The molecule has 1 atom stereocenters. The summed E-state index contributed by atoms with van der Waals surface area (Å²) in [4.78, 5) is 32.1. The summed E-state index contributed by atoms with van der Waals surface area (Å²) in [6.07, 6.45) is -2.89. The van der Waals surface area contributed by atoms with E-state index in [4.69, 9.17) is 11.6 Å². The van der Waals surface area contributed by atoms with Gasteiger partial charge in [0.2, 0.25) is 5.91 Å². The van der Waals surface area contributed by atoms with Gasteiger partial charge in [-0.1, -0.05) is 11.6 Å². The Bertz CT molecular complexity index is 1220. The summed E-state index contributed by atoms with van der Waals surface area (Å²) >= 11 is 7.11. The average molecular weight is 494 g/mol. The van der Waals surface area contributed by atoms with Crippen molar-refractivity contribution in [2.24, 2.45) is 0 Å². The Labute approximate surface area is 182 Å². The summed E-state index contributed by atoms with van der Waals surface area (Å²) in [7, 11) is -4.98. The molecule has 0 aliphatic rings. The van der Waals surface area contributed by atoms with E-state index in [-0.39, 0.29) is 11.1 Å². The van der Waals surface area contributed by atoms with Crippen LogP contribution < -0.4 is 5.32 Å². The van der Waals surface area contributed by atoms with Gasteiger partial charge >= 0.3 is 13.8 Å². The molecule has 2 aromatic carbocycles. The fourth-order valence-corrected chi connectivity index (χ4v) is 5.08. The first-order valence-electron chi connectivity index (χ1n) is 8.43. The Balaban J connectivity index is 1.88. The second-order valence-electron chi connectivity index (χ2n) is 6.44. The molecule has 164 valence electrons. The van der Waals surface area contributed by atoms with Gasteiger partial charge < -0.3 is 15.1 Å². The SMILES string of the molecule is O=C(N/C=C/c1cc(F)cc(C(F)(F)F)c1)C(c1csc2ccc(Cl)cc12)P(=O)(O)O. The number of carbonyl (C=O) groups is 1. The number of halogens is 5. The van der Waals surface area contributed by atoms with Crippen molar-refractivity contribution in [3.05, 3.63) is 75.5 Å². The standard InChI is InChI=1S/C19H13ClF4NO4PS/c20-12-1-2-16-14(8-12)15(9-31-16)17(30(27,28)29)18(26)25-4-3-10-5-11(19(22,23)24)7-13(21)6-10/h1-9,17H,(H,25,26)(H2,27,28,29)/b4-3+. The number of thiophene rings is 1. The van der Waals surface area contributed by atoms with E-state index in [1.807, 2.05) is 0 Å². The van der Waals surface area contributed by atoms with Gasteiger partial charge in [0, 0.05) is 15.9 Å². The van der Waals surface area contributed by atoms with Crippen LogP contribution in [0.25, 0.3) is 16.2 Å². The summed E-state index contributed by atoms with van der Waals surface area (Å²) in [6, 6.07) is 6.51. The normalized spacial score (nSPS) is 13.6. The van der Waals surface area contributed by atoms with Crippen LogP contribution in [-0.2, 0) is 15.5 Å². The molecule has 0 fully saturated rings. The van der Waals surface area contributed by atoms with E-state index in [0.717, 1.165) is 29.7 Å². The summed E-state index contributed by atoms with van der Waals surface area (Å²) < 4.78 is 64.5.